The maximum atomic E-state index is 5.90. The maximum Gasteiger partial charge on any atom is 0.00992 e. The number of hydrogen-bond acceptors (Lipinski definition) is 1. The molecule has 0 spiro atoms. The lowest BCUT2D eigenvalue weighted by atomic mass is 9.89. The van der Waals surface area contributed by atoms with Crippen LogP contribution in [0, 0.1) is 5.92 Å². The molecule has 0 amide bonds. The van der Waals surface area contributed by atoms with Crippen molar-refractivity contribution in [2.75, 3.05) is 0 Å². The second kappa shape index (κ2) is 3.77. The van der Waals surface area contributed by atoms with E-state index in [-0.39, 0.29) is 0 Å². The molecule has 10 heavy (non-hydrogen) atoms. The van der Waals surface area contributed by atoms with Crippen LogP contribution in [0.5, 0.6) is 0 Å². The van der Waals surface area contributed by atoms with Crippen LogP contribution in [0.25, 0.3) is 0 Å². The highest BCUT2D eigenvalue weighted by molar-refractivity contribution is 4.96. The van der Waals surface area contributed by atoms with Gasteiger partial charge in [-0.1, -0.05) is 19.1 Å². The highest BCUT2D eigenvalue weighted by Crippen LogP contribution is 2.20. The standard InChI is InChI=1S/C9H17N/c1-2-9(10)8-6-4-3-5-7-8/h4,6,8-9H,2-3,5,7,10H2,1H3. The highest BCUT2D eigenvalue weighted by Gasteiger charge is 2.14. The minimum Gasteiger partial charge on any atom is -0.327 e. The molecule has 0 bridgehead atoms. The quantitative estimate of drug-likeness (QED) is 0.582. The smallest absolute Gasteiger partial charge is 0.00992 e. The lowest BCUT2D eigenvalue weighted by Crippen LogP contribution is -2.28. The van der Waals surface area contributed by atoms with Crippen molar-refractivity contribution in [3.8, 4) is 0 Å². The molecule has 0 aromatic carbocycles. The zero-order valence-electron chi connectivity index (χ0n) is 6.72. The van der Waals surface area contributed by atoms with E-state index in [1.54, 1.807) is 0 Å². The van der Waals surface area contributed by atoms with Crippen LogP contribution in [-0.4, -0.2) is 6.04 Å². The summed E-state index contributed by atoms with van der Waals surface area (Å²) in [5, 5.41) is 0. The third-order valence-electron chi connectivity index (χ3n) is 2.31. The third kappa shape index (κ3) is 1.84. The second-order valence-electron chi connectivity index (χ2n) is 3.10. The van der Waals surface area contributed by atoms with Gasteiger partial charge in [-0.3, -0.25) is 0 Å². The maximum absolute atomic E-state index is 5.90. The molecule has 0 aliphatic heterocycles. The predicted molar refractivity (Wildman–Crippen MR) is 44.7 cm³/mol. The lowest BCUT2D eigenvalue weighted by Gasteiger charge is -2.21. The molecule has 0 aromatic rings. The Morgan fingerprint density at radius 1 is 1.70 bits per heavy atom. The van der Waals surface area contributed by atoms with Gasteiger partial charge in [-0.25, -0.2) is 0 Å². The molecule has 0 heterocycles. The number of nitrogens with two attached hydrogens (primary N) is 1. The number of rotatable bonds is 2. The molecular formula is C9H17N. The van der Waals surface area contributed by atoms with Gasteiger partial charge >= 0.3 is 0 Å². The van der Waals surface area contributed by atoms with Crippen molar-refractivity contribution in [2.24, 2.45) is 11.7 Å². The Kier molecular flexibility index (Phi) is 2.94. The van der Waals surface area contributed by atoms with Crippen molar-refractivity contribution < 1.29 is 0 Å². The Hall–Kier alpha value is -0.300. The number of hydrogen-bond donors (Lipinski definition) is 1. The molecule has 2 N–H and O–H groups in total. The van der Waals surface area contributed by atoms with Crippen LogP contribution in [0.1, 0.15) is 32.6 Å². The summed E-state index contributed by atoms with van der Waals surface area (Å²) in [6.07, 6.45) is 9.55. The summed E-state index contributed by atoms with van der Waals surface area (Å²) in [5.41, 5.74) is 5.90. The summed E-state index contributed by atoms with van der Waals surface area (Å²) >= 11 is 0. The zero-order valence-corrected chi connectivity index (χ0v) is 6.72. The SMILES string of the molecule is CCC(N)C1C=CCCC1. The topological polar surface area (TPSA) is 26.0 Å². The van der Waals surface area contributed by atoms with E-state index in [0.29, 0.717) is 12.0 Å². The molecule has 1 nitrogen and oxygen atoms in total. The summed E-state index contributed by atoms with van der Waals surface area (Å²) in [6.45, 7) is 2.16. The van der Waals surface area contributed by atoms with Gasteiger partial charge in [-0.05, 0) is 31.6 Å². The summed E-state index contributed by atoms with van der Waals surface area (Å²) in [7, 11) is 0. The van der Waals surface area contributed by atoms with Crippen LogP contribution in [0.15, 0.2) is 12.2 Å². The molecule has 1 aliphatic carbocycles. The Bertz CT molecular complexity index is 118. The molecule has 0 fully saturated rings. The Labute approximate surface area is 63.3 Å². The Balaban J connectivity index is 2.38. The van der Waals surface area contributed by atoms with Crippen molar-refractivity contribution in [3.05, 3.63) is 12.2 Å². The van der Waals surface area contributed by atoms with Gasteiger partial charge in [-0.2, -0.15) is 0 Å². The minimum absolute atomic E-state index is 0.400. The van der Waals surface area contributed by atoms with E-state index in [9.17, 15) is 0 Å². The molecule has 2 unspecified atom stereocenters. The molecular weight excluding hydrogens is 122 g/mol. The van der Waals surface area contributed by atoms with E-state index in [2.05, 4.69) is 19.1 Å². The van der Waals surface area contributed by atoms with Gasteiger partial charge in [-0.15, -0.1) is 0 Å². The van der Waals surface area contributed by atoms with Gasteiger partial charge in [0.2, 0.25) is 0 Å². The normalized spacial score (nSPS) is 28.4. The first-order valence-electron chi connectivity index (χ1n) is 4.27. The Morgan fingerprint density at radius 3 is 3.00 bits per heavy atom. The van der Waals surface area contributed by atoms with Crippen LogP contribution < -0.4 is 5.73 Å². The largest absolute Gasteiger partial charge is 0.327 e. The summed E-state index contributed by atoms with van der Waals surface area (Å²) < 4.78 is 0. The van der Waals surface area contributed by atoms with E-state index < -0.39 is 0 Å². The van der Waals surface area contributed by atoms with Gasteiger partial charge in [0.15, 0.2) is 0 Å². The van der Waals surface area contributed by atoms with Gasteiger partial charge in [0, 0.05) is 6.04 Å². The minimum atomic E-state index is 0.400. The second-order valence-corrected chi connectivity index (χ2v) is 3.10. The van der Waals surface area contributed by atoms with Crippen LogP contribution in [0.4, 0.5) is 0 Å². The summed E-state index contributed by atoms with van der Waals surface area (Å²) in [6, 6.07) is 0.400. The van der Waals surface area contributed by atoms with E-state index in [1.807, 2.05) is 0 Å². The summed E-state index contributed by atoms with van der Waals surface area (Å²) in [4.78, 5) is 0. The number of allylic oxidation sites excluding steroid dienone is 1. The van der Waals surface area contributed by atoms with Crippen LogP contribution in [0.2, 0.25) is 0 Å². The zero-order chi connectivity index (χ0) is 7.40. The van der Waals surface area contributed by atoms with Crippen molar-refractivity contribution >= 4 is 0 Å². The van der Waals surface area contributed by atoms with Crippen LogP contribution in [-0.2, 0) is 0 Å². The van der Waals surface area contributed by atoms with Gasteiger partial charge in [0.25, 0.3) is 0 Å². The molecule has 1 heteroatoms. The average molecular weight is 139 g/mol. The molecule has 2 atom stereocenters. The van der Waals surface area contributed by atoms with Gasteiger partial charge < -0.3 is 5.73 Å². The predicted octanol–water partition coefficient (Wildman–Crippen LogP) is 2.08. The van der Waals surface area contributed by atoms with Crippen molar-refractivity contribution in [2.45, 2.75) is 38.6 Å². The van der Waals surface area contributed by atoms with E-state index >= 15 is 0 Å². The van der Waals surface area contributed by atoms with Crippen molar-refractivity contribution in [1.82, 2.24) is 0 Å². The van der Waals surface area contributed by atoms with Gasteiger partial charge in [0.05, 0.1) is 0 Å². The summed E-state index contributed by atoms with van der Waals surface area (Å²) in [5.74, 6) is 0.666. The molecule has 0 saturated carbocycles. The van der Waals surface area contributed by atoms with Crippen molar-refractivity contribution in [1.29, 1.82) is 0 Å². The van der Waals surface area contributed by atoms with Crippen molar-refractivity contribution in [3.63, 3.8) is 0 Å². The third-order valence-corrected chi connectivity index (χ3v) is 2.31. The first kappa shape index (κ1) is 7.80. The fraction of sp³-hybridized carbons (Fsp3) is 0.778. The van der Waals surface area contributed by atoms with E-state index in [0.717, 1.165) is 6.42 Å². The molecule has 0 aromatic heterocycles. The Morgan fingerprint density at radius 2 is 2.50 bits per heavy atom. The van der Waals surface area contributed by atoms with E-state index in [4.69, 9.17) is 5.73 Å². The lowest BCUT2D eigenvalue weighted by molar-refractivity contribution is 0.435. The van der Waals surface area contributed by atoms with E-state index in [1.165, 1.54) is 19.3 Å². The fourth-order valence-electron chi connectivity index (χ4n) is 1.50. The monoisotopic (exact) mass is 139 g/mol. The first-order valence-corrected chi connectivity index (χ1v) is 4.27. The average Bonchev–Trinajstić information content (AvgIpc) is 2.05. The molecule has 0 radical (unpaired) electrons. The first-order chi connectivity index (χ1) is 4.84. The highest BCUT2D eigenvalue weighted by atomic mass is 14.6. The molecule has 1 aliphatic rings. The van der Waals surface area contributed by atoms with Crippen LogP contribution >= 0.6 is 0 Å². The van der Waals surface area contributed by atoms with Crippen LogP contribution in [0.3, 0.4) is 0 Å². The molecule has 1 rings (SSSR count). The fourth-order valence-corrected chi connectivity index (χ4v) is 1.50. The molecule has 0 saturated heterocycles. The van der Waals surface area contributed by atoms with Gasteiger partial charge in [0.1, 0.15) is 0 Å². The molecule has 58 valence electrons.